The van der Waals surface area contributed by atoms with Crippen LogP contribution in [0, 0.1) is 17.8 Å². The second-order valence-corrected chi connectivity index (χ2v) is 9.43. The topological polar surface area (TPSA) is 54.0 Å². The van der Waals surface area contributed by atoms with Gasteiger partial charge in [-0.25, -0.2) is 0 Å². The van der Waals surface area contributed by atoms with Crippen molar-refractivity contribution in [1.29, 1.82) is 0 Å². The lowest BCUT2D eigenvalue weighted by atomic mass is 9.84. The largest absolute Gasteiger partial charge is 0.493 e. The van der Waals surface area contributed by atoms with Crippen LogP contribution in [0.1, 0.15) is 45.6 Å². The highest BCUT2D eigenvalue weighted by Crippen LogP contribution is 2.35. The molecule has 0 radical (unpaired) electrons. The van der Waals surface area contributed by atoms with Gasteiger partial charge in [0.25, 0.3) is 0 Å². The van der Waals surface area contributed by atoms with Crippen molar-refractivity contribution >= 4 is 21.9 Å². The van der Waals surface area contributed by atoms with Crippen LogP contribution in [-0.4, -0.2) is 44.3 Å². The Morgan fingerprint density at radius 3 is 2.55 bits per heavy atom. The second-order valence-electron chi connectivity index (χ2n) is 8.25. The molecule has 6 heteroatoms. The maximum atomic E-state index is 11.7. The molecule has 2 rings (SSSR count). The molecule has 1 fully saturated rings. The molecule has 1 aromatic carbocycles. The van der Waals surface area contributed by atoms with Gasteiger partial charge in [-0.05, 0) is 48.8 Å². The van der Waals surface area contributed by atoms with Gasteiger partial charge in [-0.15, -0.1) is 0 Å². The van der Waals surface area contributed by atoms with Gasteiger partial charge >= 0.3 is 5.97 Å². The number of methoxy groups -OCH3 is 2. The number of hydrogen-bond donors (Lipinski definition) is 0. The molecule has 1 heterocycles. The van der Waals surface area contributed by atoms with E-state index in [2.05, 4.69) is 41.9 Å². The van der Waals surface area contributed by atoms with E-state index in [1.807, 2.05) is 13.0 Å². The maximum absolute atomic E-state index is 11.7. The van der Waals surface area contributed by atoms with Crippen LogP contribution < -0.4 is 9.47 Å². The molecule has 0 saturated carbocycles. The van der Waals surface area contributed by atoms with E-state index in [1.54, 1.807) is 14.2 Å². The summed E-state index contributed by atoms with van der Waals surface area (Å²) in [6, 6.07) is 6.17. The third kappa shape index (κ3) is 7.18. The third-order valence-electron chi connectivity index (χ3n) is 5.61. The Morgan fingerprint density at radius 1 is 1.21 bits per heavy atom. The van der Waals surface area contributed by atoms with Crippen LogP contribution in [0.2, 0.25) is 0 Å². The van der Waals surface area contributed by atoms with Crippen molar-refractivity contribution in [3.05, 3.63) is 23.8 Å². The lowest BCUT2D eigenvalue weighted by Crippen LogP contribution is -2.26. The first-order valence-corrected chi connectivity index (χ1v) is 11.4. The SMILES string of the molecule is COCCCOc1cc(C[C@@H](C[C@@H](Br)[C@@H]2C[C@@H](C)C(=O)O2)C(C)C)ccc1OC. The molecule has 0 unspecified atom stereocenters. The summed E-state index contributed by atoms with van der Waals surface area (Å²) >= 11 is 3.79. The summed E-state index contributed by atoms with van der Waals surface area (Å²) in [4.78, 5) is 11.9. The molecular weight excluding hydrogens is 436 g/mol. The highest BCUT2D eigenvalue weighted by atomic mass is 79.9. The Kier molecular flexibility index (Phi) is 9.76. The van der Waals surface area contributed by atoms with Gasteiger partial charge in [-0.2, -0.15) is 0 Å². The van der Waals surface area contributed by atoms with Crippen molar-refractivity contribution in [3.63, 3.8) is 0 Å². The molecule has 29 heavy (non-hydrogen) atoms. The molecule has 0 aliphatic carbocycles. The summed E-state index contributed by atoms with van der Waals surface area (Å²) in [6.07, 6.45) is 3.49. The van der Waals surface area contributed by atoms with Crippen molar-refractivity contribution in [2.75, 3.05) is 27.4 Å². The molecule has 1 aliphatic rings. The molecule has 164 valence electrons. The molecule has 0 N–H and O–H groups in total. The number of esters is 1. The molecular formula is C23H35BrO5. The van der Waals surface area contributed by atoms with Crippen LogP contribution in [0.25, 0.3) is 0 Å². The van der Waals surface area contributed by atoms with E-state index in [0.717, 1.165) is 37.2 Å². The van der Waals surface area contributed by atoms with Gasteiger partial charge in [-0.3, -0.25) is 4.79 Å². The Morgan fingerprint density at radius 2 is 1.97 bits per heavy atom. The number of cyclic esters (lactones) is 1. The highest BCUT2D eigenvalue weighted by molar-refractivity contribution is 9.09. The Balaban J connectivity index is 2.02. The van der Waals surface area contributed by atoms with Gasteiger partial charge in [0, 0.05) is 20.1 Å². The number of benzene rings is 1. The minimum absolute atomic E-state index is 0.00282. The minimum Gasteiger partial charge on any atom is -0.493 e. The quantitative estimate of drug-likeness (QED) is 0.243. The summed E-state index contributed by atoms with van der Waals surface area (Å²) in [5, 5.41) is 0. The number of carbonyl (C=O) groups excluding carboxylic acids is 1. The lowest BCUT2D eigenvalue weighted by molar-refractivity contribution is -0.143. The zero-order valence-corrected chi connectivity index (χ0v) is 19.9. The van der Waals surface area contributed by atoms with E-state index < -0.39 is 0 Å². The normalized spacial score (nSPS) is 21.1. The fraction of sp³-hybridized carbons (Fsp3) is 0.696. The number of rotatable bonds is 12. The summed E-state index contributed by atoms with van der Waals surface area (Å²) in [5.74, 6) is 2.42. The predicted octanol–water partition coefficient (Wildman–Crippen LogP) is 5.03. The van der Waals surface area contributed by atoms with Gasteiger partial charge in [0.15, 0.2) is 11.5 Å². The second kappa shape index (κ2) is 11.8. The van der Waals surface area contributed by atoms with E-state index in [9.17, 15) is 4.79 Å². The fourth-order valence-corrected chi connectivity index (χ4v) is 4.46. The van der Waals surface area contributed by atoms with Crippen molar-refractivity contribution in [1.82, 2.24) is 0 Å². The molecule has 0 aromatic heterocycles. The van der Waals surface area contributed by atoms with Crippen molar-refractivity contribution in [3.8, 4) is 11.5 Å². The van der Waals surface area contributed by atoms with E-state index in [0.29, 0.717) is 25.0 Å². The van der Waals surface area contributed by atoms with Crippen LogP contribution in [0.3, 0.4) is 0 Å². The molecule has 1 aromatic rings. The molecule has 1 saturated heterocycles. The van der Waals surface area contributed by atoms with E-state index >= 15 is 0 Å². The molecule has 4 atom stereocenters. The first-order chi connectivity index (χ1) is 13.8. The van der Waals surface area contributed by atoms with Crippen LogP contribution in [-0.2, 0) is 20.7 Å². The van der Waals surface area contributed by atoms with E-state index in [4.69, 9.17) is 18.9 Å². The number of alkyl halides is 1. The van der Waals surface area contributed by atoms with Crippen LogP contribution in [0.5, 0.6) is 11.5 Å². The smallest absolute Gasteiger partial charge is 0.309 e. The van der Waals surface area contributed by atoms with Crippen LogP contribution >= 0.6 is 15.9 Å². The first kappa shape index (κ1) is 24.0. The maximum Gasteiger partial charge on any atom is 0.309 e. The third-order valence-corrected chi connectivity index (χ3v) is 6.57. The zero-order valence-electron chi connectivity index (χ0n) is 18.3. The number of halogens is 1. The molecule has 5 nitrogen and oxygen atoms in total. The van der Waals surface area contributed by atoms with Gasteiger partial charge in [-0.1, -0.05) is 42.8 Å². The Hall–Kier alpha value is -1.27. The molecule has 0 bridgehead atoms. The van der Waals surface area contributed by atoms with E-state index in [1.165, 1.54) is 5.56 Å². The van der Waals surface area contributed by atoms with Gasteiger partial charge in [0.2, 0.25) is 0 Å². The van der Waals surface area contributed by atoms with Crippen molar-refractivity contribution in [2.24, 2.45) is 17.8 Å². The summed E-state index contributed by atoms with van der Waals surface area (Å²) in [5.41, 5.74) is 1.22. The van der Waals surface area contributed by atoms with E-state index in [-0.39, 0.29) is 22.8 Å². The minimum atomic E-state index is -0.0778. The Labute approximate surface area is 183 Å². The average Bonchev–Trinajstić information content (AvgIpc) is 3.03. The molecule has 0 amide bonds. The zero-order chi connectivity index (χ0) is 21.4. The first-order valence-electron chi connectivity index (χ1n) is 10.5. The van der Waals surface area contributed by atoms with Gasteiger partial charge in [0.05, 0.1) is 24.5 Å². The standard InChI is InChI=1S/C23H35BrO5/c1-15(2)18(14-19(24)21-11-16(3)23(25)29-21)12-17-7-8-20(27-5)22(13-17)28-10-6-9-26-4/h7-8,13,15-16,18-19,21H,6,9-12,14H2,1-5H3/t16-,18+,19-,21+/m1/s1. The molecule has 0 spiro atoms. The summed E-state index contributed by atoms with van der Waals surface area (Å²) in [7, 11) is 3.35. The lowest BCUT2D eigenvalue weighted by Gasteiger charge is -2.26. The summed E-state index contributed by atoms with van der Waals surface area (Å²) < 4.78 is 22.0. The summed E-state index contributed by atoms with van der Waals surface area (Å²) in [6.45, 7) is 7.70. The van der Waals surface area contributed by atoms with Crippen molar-refractivity contribution < 1.29 is 23.7 Å². The molecule has 1 aliphatic heterocycles. The predicted molar refractivity (Wildman–Crippen MR) is 118 cm³/mol. The van der Waals surface area contributed by atoms with Crippen LogP contribution in [0.4, 0.5) is 0 Å². The highest BCUT2D eigenvalue weighted by Gasteiger charge is 2.36. The van der Waals surface area contributed by atoms with Gasteiger partial charge < -0.3 is 18.9 Å². The average molecular weight is 471 g/mol. The fourth-order valence-electron chi connectivity index (χ4n) is 3.66. The van der Waals surface area contributed by atoms with Crippen molar-refractivity contribution in [2.45, 2.75) is 57.4 Å². The number of hydrogen-bond acceptors (Lipinski definition) is 5. The van der Waals surface area contributed by atoms with Crippen LogP contribution in [0.15, 0.2) is 18.2 Å². The van der Waals surface area contributed by atoms with Gasteiger partial charge in [0.1, 0.15) is 6.10 Å². The Bertz CT molecular complexity index is 648. The monoisotopic (exact) mass is 470 g/mol. The number of ether oxygens (including phenoxy) is 4. The number of carbonyl (C=O) groups is 1.